The summed E-state index contributed by atoms with van der Waals surface area (Å²) in [4.78, 5) is 28.3. The van der Waals surface area contributed by atoms with E-state index in [1.165, 1.54) is 17.9 Å². The average molecular weight is 454 g/mol. The van der Waals surface area contributed by atoms with Crippen LogP contribution in [0.3, 0.4) is 0 Å². The molecular weight excluding hydrogens is 425 g/mol. The first-order valence-corrected chi connectivity index (χ1v) is 10.6. The Morgan fingerprint density at radius 1 is 1.30 bits per heavy atom. The van der Waals surface area contributed by atoms with Crippen LogP contribution in [0.25, 0.3) is 11.1 Å². The molecule has 2 amide bonds. The zero-order chi connectivity index (χ0) is 23.8. The zero-order valence-electron chi connectivity index (χ0n) is 18.7. The van der Waals surface area contributed by atoms with Crippen LogP contribution in [0.5, 0.6) is 0 Å². The predicted molar refractivity (Wildman–Crippen MR) is 127 cm³/mol. The van der Waals surface area contributed by atoms with E-state index < -0.39 is 18.0 Å². The van der Waals surface area contributed by atoms with Gasteiger partial charge in [-0.25, -0.2) is 9.18 Å². The van der Waals surface area contributed by atoms with Crippen molar-refractivity contribution in [2.45, 2.75) is 19.6 Å². The molecule has 0 aliphatic carbocycles. The minimum Gasteiger partial charge on any atom is -0.442 e. The first-order chi connectivity index (χ1) is 15.9. The summed E-state index contributed by atoms with van der Waals surface area (Å²) in [6.07, 6.45) is 0.626. The molecule has 0 bridgehead atoms. The molecule has 33 heavy (non-hydrogen) atoms. The summed E-state index contributed by atoms with van der Waals surface area (Å²) in [5.74, 6) is -0.636. The molecule has 0 radical (unpaired) electrons. The number of cyclic esters (lactones) is 1. The number of aliphatic imine (C=N–C) groups is 1. The third-order valence-electron chi connectivity index (χ3n) is 5.19. The van der Waals surface area contributed by atoms with E-state index in [-0.39, 0.29) is 19.0 Å². The number of nitrogens with zero attached hydrogens (tertiary/aromatic N) is 2. The van der Waals surface area contributed by atoms with Crippen LogP contribution in [0, 0.1) is 5.82 Å². The molecule has 0 aromatic heterocycles. The average Bonchev–Trinajstić information content (AvgIpc) is 3.18. The molecule has 0 spiro atoms. The van der Waals surface area contributed by atoms with Crippen LogP contribution in [0.1, 0.15) is 12.5 Å². The van der Waals surface area contributed by atoms with Gasteiger partial charge in [0, 0.05) is 44.5 Å². The van der Waals surface area contributed by atoms with Gasteiger partial charge in [0.15, 0.2) is 0 Å². The van der Waals surface area contributed by atoms with Gasteiger partial charge in [-0.15, -0.1) is 0 Å². The molecule has 1 unspecified atom stereocenters. The van der Waals surface area contributed by atoms with Gasteiger partial charge in [-0.1, -0.05) is 24.3 Å². The Balaban J connectivity index is 1.63. The van der Waals surface area contributed by atoms with E-state index in [0.29, 0.717) is 24.3 Å². The summed E-state index contributed by atoms with van der Waals surface area (Å²) < 4.78 is 20.1. The summed E-state index contributed by atoms with van der Waals surface area (Å²) in [7, 11) is 1.82. The number of halogens is 1. The predicted octanol–water partition coefficient (Wildman–Crippen LogP) is 2.81. The molecule has 1 fully saturated rings. The minimum absolute atomic E-state index is 0.203. The molecule has 2 aromatic rings. The van der Waals surface area contributed by atoms with Gasteiger partial charge >= 0.3 is 6.09 Å². The van der Waals surface area contributed by atoms with Gasteiger partial charge in [-0.05, 0) is 36.0 Å². The molecule has 1 heterocycles. The van der Waals surface area contributed by atoms with Gasteiger partial charge < -0.3 is 20.7 Å². The maximum atomic E-state index is 14.9. The molecular formula is C24H28FN5O3. The number of rotatable bonds is 10. The lowest BCUT2D eigenvalue weighted by atomic mass is 10.0. The van der Waals surface area contributed by atoms with Crippen molar-refractivity contribution >= 4 is 24.4 Å². The van der Waals surface area contributed by atoms with Crippen molar-refractivity contribution in [3.8, 4) is 11.1 Å². The van der Waals surface area contributed by atoms with Crippen LogP contribution in [-0.4, -0.2) is 51.5 Å². The van der Waals surface area contributed by atoms with E-state index in [4.69, 9.17) is 4.74 Å². The fourth-order valence-electron chi connectivity index (χ4n) is 3.45. The summed E-state index contributed by atoms with van der Waals surface area (Å²) in [5.41, 5.74) is 3.57. The van der Waals surface area contributed by atoms with Crippen molar-refractivity contribution in [2.24, 2.45) is 4.99 Å². The first kappa shape index (κ1) is 23.9. The number of benzene rings is 2. The van der Waals surface area contributed by atoms with Crippen molar-refractivity contribution in [3.05, 3.63) is 65.7 Å². The van der Waals surface area contributed by atoms with Gasteiger partial charge in [0.2, 0.25) is 5.91 Å². The van der Waals surface area contributed by atoms with Crippen LogP contribution in [-0.2, 0) is 16.1 Å². The molecule has 1 atom stereocenters. The Bertz CT molecular complexity index is 1040. The quantitative estimate of drug-likeness (QED) is 0.481. The van der Waals surface area contributed by atoms with Crippen LogP contribution >= 0.6 is 0 Å². The molecule has 174 valence electrons. The fraction of sp³-hybridized carbons (Fsp3) is 0.292. The van der Waals surface area contributed by atoms with E-state index in [1.54, 1.807) is 18.3 Å². The highest BCUT2D eigenvalue weighted by Crippen LogP contribution is 2.29. The number of hydrogen-bond donors (Lipinski definition) is 3. The minimum atomic E-state index is -0.561. The number of amides is 2. The van der Waals surface area contributed by atoms with Crippen molar-refractivity contribution in [2.75, 3.05) is 31.6 Å². The van der Waals surface area contributed by atoms with E-state index in [9.17, 15) is 14.0 Å². The fourth-order valence-corrected chi connectivity index (χ4v) is 3.45. The van der Waals surface area contributed by atoms with E-state index in [1.807, 2.05) is 31.3 Å². The number of ether oxygens (including phenoxy) is 1. The largest absolute Gasteiger partial charge is 0.442 e. The Hall–Kier alpha value is -3.72. The summed E-state index contributed by atoms with van der Waals surface area (Å²) in [6.45, 7) is 6.57. The number of hydrogen-bond acceptors (Lipinski definition) is 6. The topological polar surface area (TPSA) is 95.1 Å². The third-order valence-corrected chi connectivity index (χ3v) is 5.19. The lowest BCUT2D eigenvalue weighted by Gasteiger charge is -2.15. The molecule has 9 heteroatoms. The second-order valence-electron chi connectivity index (χ2n) is 7.60. The van der Waals surface area contributed by atoms with Gasteiger partial charge in [-0.2, -0.15) is 0 Å². The molecule has 1 aliphatic heterocycles. The Morgan fingerprint density at radius 3 is 2.70 bits per heavy atom. The molecule has 2 aromatic carbocycles. The molecule has 3 N–H and O–H groups in total. The maximum Gasteiger partial charge on any atom is 0.414 e. The van der Waals surface area contributed by atoms with Crippen LogP contribution in [0.15, 0.2) is 59.4 Å². The van der Waals surface area contributed by atoms with Gasteiger partial charge in [0.05, 0.1) is 18.8 Å². The Morgan fingerprint density at radius 2 is 2.06 bits per heavy atom. The molecule has 0 saturated carbocycles. The molecule has 3 rings (SSSR count). The lowest BCUT2D eigenvalue weighted by Crippen LogP contribution is -2.33. The number of likely N-dealkylation sites (N-methyl/N-ethyl adjacent to an activating group) is 1. The van der Waals surface area contributed by atoms with Gasteiger partial charge in [0.1, 0.15) is 11.9 Å². The molecule has 1 saturated heterocycles. The smallest absolute Gasteiger partial charge is 0.414 e. The van der Waals surface area contributed by atoms with Crippen molar-refractivity contribution < 1.29 is 18.7 Å². The van der Waals surface area contributed by atoms with E-state index in [0.717, 1.165) is 16.8 Å². The summed E-state index contributed by atoms with van der Waals surface area (Å²) in [6, 6.07) is 12.3. The number of anilines is 1. The zero-order valence-corrected chi connectivity index (χ0v) is 18.7. The second-order valence-corrected chi connectivity index (χ2v) is 7.60. The van der Waals surface area contributed by atoms with Gasteiger partial charge in [-0.3, -0.25) is 14.7 Å². The number of nitrogens with one attached hydrogen (secondary N) is 3. The SMILES string of the molecule is C=N/C=C(/CNCc1ccc(-c2ccc(N3CC(CNC(C)=O)OC3=O)cc2F)cc1)NC. The Kier molecular flexibility index (Phi) is 8.15. The maximum absolute atomic E-state index is 14.9. The number of carbonyl (C=O) groups excluding carboxylic acids is 2. The van der Waals surface area contributed by atoms with Crippen molar-refractivity contribution in [3.63, 3.8) is 0 Å². The van der Waals surface area contributed by atoms with Crippen LogP contribution < -0.4 is 20.9 Å². The monoisotopic (exact) mass is 453 g/mol. The summed E-state index contributed by atoms with van der Waals surface area (Å²) in [5, 5.41) is 8.96. The van der Waals surface area contributed by atoms with Crippen molar-refractivity contribution in [1.82, 2.24) is 16.0 Å². The van der Waals surface area contributed by atoms with E-state index in [2.05, 4.69) is 27.7 Å². The molecule has 8 nitrogen and oxygen atoms in total. The first-order valence-electron chi connectivity index (χ1n) is 10.6. The Labute approximate surface area is 192 Å². The highest BCUT2D eigenvalue weighted by Gasteiger charge is 2.32. The molecule has 1 aliphatic rings. The normalized spacial score (nSPS) is 15.8. The lowest BCUT2D eigenvalue weighted by molar-refractivity contribution is -0.119. The highest BCUT2D eigenvalue weighted by atomic mass is 19.1. The third kappa shape index (κ3) is 6.39. The van der Waals surface area contributed by atoms with E-state index >= 15 is 0 Å². The second kappa shape index (κ2) is 11.2. The highest BCUT2D eigenvalue weighted by molar-refractivity contribution is 5.90. The van der Waals surface area contributed by atoms with Gasteiger partial charge in [0.25, 0.3) is 0 Å². The van der Waals surface area contributed by atoms with Crippen LogP contribution in [0.2, 0.25) is 0 Å². The standard InChI is InChI=1S/C24H28FN5O3/c1-16(31)29-14-21-15-30(24(32)33-21)20-8-9-22(23(25)10-20)18-6-4-17(5-7-18)11-28-13-19(27-3)12-26-2/h4-10,12,21,27-28H,2,11,13-15H2,1,3H3,(H,29,31)/b19-12-. The van der Waals surface area contributed by atoms with Crippen molar-refractivity contribution in [1.29, 1.82) is 0 Å². The number of carbonyl (C=O) groups is 2. The van der Waals surface area contributed by atoms with Crippen LogP contribution in [0.4, 0.5) is 14.9 Å². The summed E-state index contributed by atoms with van der Waals surface area (Å²) >= 11 is 0.